The number of ketones is 1. The Hall–Kier alpha value is -3.56. The topological polar surface area (TPSA) is 227 Å². The molecule has 14 nitrogen and oxygen atoms in total. The maximum Gasteiger partial charge on any atom is 0.472 e. The van der Waals surface area contributed by atoms with Crippen LogP contribution >= 0.6 is 7.82 Å². The SMILES string of the molecule is CCCCC/C=C\C/C=C\C/C=C\C/C=C\CCCCCC(=O)O[C@H](COC(=O)CCC/C=C\C/C=C\C/C=C\C=C\C(=O)CCCCC)COP(=O)(O)OC1[C@H](O)[C@H](O)C(O)[C@H](O)[C@H]1O. The van der Waals surface area contributed by atoms with Crippen molar-refractivity contribution in [1.29, 1.82) is 0 Å². The molecule has 1 rings (SSSR count). The van der Waals surface area contributed by atoms with E-state index in [9.17, 15) is 49.4 Å². The van der Waals surface area contributed by atoms with E-state index in [-0.39, 0.29) is 18.6 Å². The predicted octanol–water partition coefficient (Wildman–Crippen LogP) is 9.01. The minimum Gasteiger partial charge on any atom is -0.462 e. The maximum atomic E-state index is 12.8. The molecule has 0 spiro atoms. The summed E-state index contributed by atoms with van der Waals surface area (Å²) in [6.45, 7) is 3.02. The number of hydrogen-bond donors (Lipinski definition) is 6. The first-order chi connectivity index (χ1) is 31.8. The second-order valence-corrected chi connectivity index (χ2v) is 17.7. The number of aliphatic hydroxyl groups is 5. The van der Waals surface area contributed by atoms with E-state index in [0.717, 1.165) is 70.6 Å². The van der Waals surface area contributed by atoms with Crippen molar-refractivity contribution in [3.63, 3.8) is 0 Å². The third-order valence-electron chi connectivity index (χ3n) is 10.4. The first-order valence-corrected chi connectivity index (χ1v) is 25.5. The van der Waals surface area contributed by atoms with Gasteiger partial charge in [0.05, 0.1) is 6.61 Å². The highest BCUT2D eigenvalue weighted by Gasteiger charge is 2.51. The molecule has 0 bridgehead atoms. The van der Waals surface area contributed by atoms with E-state index in [2.05, 4.69) is 62.5 Å². The number of hydrogen-bond acceptors (Lipinski definition) is 13. The summed E-state index contributed by atoms with van der Waals surface area (Å²) in [6, 6.07) is 0. The summed E-state index contributed by atoms with van der Waals surface area (Å²) in [5.74, 6) is -1.11. The number of carbonyl (C=O) groups excluding carboxylic acids is 3. The molecule has 6 N–H and O–H groups in total. The van der Waals surface area contributed by atoms with E-state index >= 15 is 0 Å². The Morgan fingerprint density at radius 3 is 1.53 bits per heavy atom. The number of aliphatic hydroxyl groups excluding tert-OH is 5. The molecule has 0 radical (unpaired) electrons. The van der Waals surface area contributed by atoms with Crippen molar-refractivity contribution < 1.29 is 67.9 Å². The molecule has 15 heteroatoms. The number of ether oxygens (including phenoxy) is 2. The Balaban J connectivity index is 2.54. The Morgan fingerprint density at radius 2 is 0.970 bits per heavy atom. The van der Waals surface area contributed by atoms with Crippen LogP contribution in [0.3, 0.4) is 0 Å². The Morgan fingerprint density at radius 1 is 0.515 bits per heavy atom. The average Bonchev–Trinajstić information content (AvgIpc) is 3.29. The van der Waals surface area contributed by atoms with Gasteiger partial charge in [-0.25, -0.2) is 4.57 Å². The zero-order valence-electron chi connectivity index (χ0n) is 39.4. The van der Waals surface area contributed by atoms with Crippen LogP contribution in [0.1, 0.15) is 149 Å². The average molecular weight is 949 g/mol. The van der Waals surface area contributed by atoms with Crippen molar-refractivity contribution in [3.05, 3.63) is 97.2 Å². The van der Waals surface area contributed by atoms with Gasteiger partial charge in [-0.15, -0.1) is 0 Å². The van der Waals surface area contributed by atoms with Crippen molar-refractivity contribution in [2.45, 2.75) is 191 Å². The van der Waals surface area contributed by atoms with Crippen LogP contribution in [0.15, 0.2) is 97.2 Å². The molecule has 0 aromatic rings. The highest BCUT2D eigenvalue weighted by atomic mass is 31.2. The molecule has 0 aliphatic heterocycles. The fourth-order valence-electron chi connectivity index (χ4n) is 6.45. The molecule has 0 saturated heterocycles. The van der Waals surface area contributed by atoms with Crippen molar-refractivity contribution in [2.24, 2.45) is 0 Å². The van der Waals surface area contributed by atoms with E-state index in [1.54, 1.807) is 12.2 Å². The number of phosphoric ester groups is 1. The van der Waals surface area contributed by atoms with E-state index in [4.69, 9.17) is 18.5 Å². The lowest BCUT2D eigenvalue weighted by atomic mass is 9.85. The third-order valence-corrected chi connectivity index (χ3v) is 11.4. The molecule has 0 heterocycles. The Labute approximate surface area is 394 Å². The minimum atomic E-state index is -5.16. The summed E-state index contributed by atoms with van der Waals surface area (Å²) in [6.07, 6.45) is 35.8. The lowest BCUT2D eigenvalue weighted by Crippen LogP contribution is -2.64. The standard InChI is InChI=1S/C51H81O14P/c1-3-5-7-8-9-10-11-12-13-14-15-16-17-18-21-25-28-31-35-39-45(54)64-43(41-63-66(60,61)65-51-49(58)47(56)46(55)48(57)50(51)59)40-62-44(53)38-34-30-27-24-22-19-20-23-26-29-33-37-42(52)36-32-6-4-2/h9-10,12-13,15-16,18-21,24,26-27,29,33,37,43,46-51,55-59H,3-8,11,14,17,22-23,25,28,30-32,34-36,38-41H2,1-2H3,(H,60,61)/b10-9-,13-12-,16-15-,20-19-,21-18-,27-24-,29-26-,37-33+/t43-,46?,47-,48+,49-,50-,51?/m1/s1. The van der Waals surface area contributed by atoms with Gasteiger partial charge in [-0.3, -0.25) is 23.4 Å². The molecular weight excluding hydrogens is 868 g/mol. The quantitative estimate of drug-likeness (QED) is 0.00848. The fourth-order valence-corrected chi connectivity index (χ4v) is 7.42. The monoisotopic (exact) mass is 949 g/mol. The smallest absolute Gasteiger partial charge is 0.462 e. The van der Waals surface area contributed by atoms with Gasteiger partial charge in [0.25, 0.3) is 0 Å². The summed E-state index contributed by atoms with van der Waals surface area (Å²) < 4.78 is 33.4. The first-order valence-electron chi connectivity index (χ1n) is 24.0. The largest absolute Gasteiger partial charge is 0.472 e. The van der Waals surface area contributed by atoms with Gasteiger partial charge in [0.1, 0.15) is 43.2 Å². The lowest BCUT2D eigenvalue weighted by Gasteiger charge is -2.41. The van der Waals surface area contributed by atoms with Gasteiger partial charge in [-0.05, 0) is 89.5 Å². The normalized spacial score (nSPS) is 22.1. The summed E-state index contributed by atoms with van der Waals surface area (Å²) in [4.78, 5) is 47.5. The number of unbranched alkanes of at least 4 members (excludes halogenated alkanes) is 9. The highest BCUT2D eigenvalue weighted by molar-refractivity contribution is 7.47. The van der Waals surface area contributed by atoms with Crippen molar-refractivity contribution >= 4 is 25.5 Å². The van der Waals surface area contributed by atoms with Crippen LogP contribution in [0.4, 0.5) is 0 Å². The molecule has 1 aliphatic carbocycles. The van der Waals surface area contributed by atoms with Crippen LogP contribution < -0.4 is 0 Å². The number of rotatable bonds is 38. The van der Waals surface area contributed by atoms with E-state index in [1.807, 2.05) is 36.5 Å². The molecule has 66 heavy (non-hydrogen) atoms. The summed E-state index contributed by atoms with van der Waals surface area (Å²) in [5, 5.41) is 50.2. The van der Waals surface area contributed by atoms with Gasteiger partial charge in [-0.1, -0.05) is 137 Å². The van der Waals surface area contributed by atoms with E-state index < -0.39 is 75.7 Å². The Bertz CT molecular complexity index is 1580. The first kappa shape index (κ1) is 60.5. The molecule has 1 saturated carbocycles. The maximum absolute atomic E-state index is 12.8. The zero-order valence-corrected chi connectivity index (χ0v) is 40.3. The molecule has 0 aromatic heterocycles. The number of allylic oxidation sites excluding steroid dienone is 16. The van der Waals surface area contributed by atoms with Crippen molar-refractivity contribution in [1.82, 2.24) is 0 Å². The fraction of sp³-hybridized carbons (Fsp3) is 0.627. The van der Waals surface area contributed by atoms with Gasteiger partial charge >= 0.3 is 19.8 Å². The Kier molecular flexibility index (Phi) is 36.1. The second-order valence-electron chi connectivity index (χ2n) is 16.3. The molecule has 1 aliphatic rings. The number of esters is 2. The number of carbonyl (C=O) groups is 3. The van der Waals surface area contributed by atoms with Crippen LogP contribution in [0.2, 0.25) is 0 Å². The molecule has 8 atom stereocenters. The molecule has 0 aromatic carbocycles. The van der Waals surface area contributed by atoms with Gasteiger partial charge in [0.2, 0.25) is 0 Å². The third kappa shape index (κ3) is 31.4. The minimum absolute atomic E-state index is 0.0297. The summed E-state index contributed by atoms with van der Waals surface area (Å²) >= 11 is 0. The van der Waals surface area contributed by atoms with Crippen molar-refractivity contribution in [2.75, 3.05) is 13.2 Å². The molecular formula is C51H81O14P. The number of phosphoric acid groups is 1. The van der Waals surface area contributed by atoms with Gasteiger partial charge in [0.15, 0.2) is 11.9 Å². The van der Waals surface area contributed by atoms with E-state index in [0.29, 0.717) is 32.1 Å². The van der Waals surface area contributed by atoms with Gasteiger partial charge < -0.3 is 39.9 Å². The predicted molar refractivity (Wildman–Crippen MR) is 258 cm³/mol. The molecule has 374 valence electrons. The van der Waals surface area contributed by atoms with Crippen LogP contribution in [0.25, 0.3) is 0 Å². The van der Waals surface area contributed by atoms with Crippen molar-refractivity contribution in [3.8, 4) is 0 Å². The summed E-state index contributed by atoms with van der Waals surface area (Å²) in [5.41, 5.74) is 0. The van der Waals surface area contributed by atoms with Crippen LogP contribution in [-0.4, -0.2) is 104 Å². The van der Waals surface area contributed by atoms with Crippen LogP contribution in [0, 0.1) is 0 Å². The molecule has 0 amide bonds. The van der Waals surface area contributed by atoms with Gasteiger partial charge in [0, 0.05) is 19.3 Å². The highest BCUT2D eigenvalue weighted by Crippen LogP contribution is 2.47. The van der Waals surface area contributed by atoms with Crippen LogP contribution in [-0.2, 0) is 37.5 Å². The van der Waals surface area contributed by atoms with Gasteiger partial charge in [-0.2, -0.15) is 0 Å². The zero-order chi connectivity index (χ0) is 48.7. The second kappa shape index (κ2) is 39.4. The lowest BCUT2D eigenvalue weighted by molar-refractivity contribution is -0.220. The molecule has 1 fully saturated rings. The van der Waals surface area contributed by atoms with Crippen LogP contribution in [0.5, 0.6) is 0 Å². The summed E-state index contributed by atoms with van der Waals surface area (Å²) in [7, 11) is -5.16. The molecule has 3 unspecified atom stereocenters. The van der Waals surface area contributed by atoms with E-state index in [1.165, 1.54) is 19.3 Å².